The van der Waals surface area contributed by atoms with E-state index in [2.05, 4.69) is 23.7 Å². The molecule has 3 nitrogen and oxygen atoms in total. The molecule has 146 valence electrons. The molecule has 0 bridgehead atoms. The number of nitrogens with one attached hydrogen (secondary N) is 1. The summed E-state index contributed by atoms with van der Waals surface area (Å²) in [7, 11) is 0. The zero-order chi connectivity index (χ0) is 18.7. The van der Waals surface area contributed by atoms with Crippen LogP contribution in [0.15, 0.2) is 35.7 Å². The maximum Gasteiger partial charge on any atom is 0.123 e. The van der Waals surface area contributed by atoms with E-state index in [1.165, 1.54) is 16.0 Å². The third-order valence-corrected chi connectivity index (χ3v) is 7.23. The first-order chi connectivity index (χ1) is 13.1. The van der Waals surface area contributed by atoms with Gasteiger partial charge in [0.25, 0.3) is 0 Å². The highest BCUT2D eigenvalue weighted by Crippen LogP contribution is 2.46. The summed E-state index contributed by atoms with van der Waals surface area (Å²) in [6.07, 6.45) is 3.90. The van der Waals surface area contributed by atoms with Crippen molar-refractivity contribution in [2.24, 2.45) is 0 Å². The third-order valence-electron chi connectivity index (χ3n) is 6.21. The van der Waals surface area contributed by atoms with E-state index in [9.17, 15) is 4.39 Å². The molecular weight excluding hydrogens is 361 g/mol. The van der Waals surface area contributed by atoms with E-state index in [0.717, 1.165) is 52.0 Å². The summed E-state index contributed by atoms with van der Waals surface area (Å²) in [6.45, 7) is 6.20. The first-order valence-electron chi connectivity index (χ1n) is 9.82. The second kappa shape index (κ2) is 8.00. The van der Waals surface area contributed by atoms with Crippen LogP contribution in [0.1, 0.15) is 41.7 Å². The Morgan fingerprint density at radius 2 is 2.00 bits per heavy atom. The van der Waals surface area contributed by atoms with Gasteiger partial charge in [-0.05, 0) is 67.4 Å². The van der Waals surface area contributed by atoms with Gasteiger partial charge < -0.3 is 14.8 Å². The first-order valence-corrected chi connectivity index (χ1v) is 10.7. The van der Waals surface area contributed by atoms with E-state index >= 15 is 0 Å². The van der Waals surface area contributed by atoms with Gasteiger partial charge in [0.1, 0.15) is 5.82 Å². The number of thiophene rings is 1. The van der Waals surface area contributed by atoms with Crippen molar-refractivity contribution in [3.63, 3.8) is 0 Å². The molecule has 1 N–H and O–H groups in total. The topological polar surface area (TPSA) is 30.5 Å². The van der Waals surface area contributed by atoms with E-state index in [4.69, 9.17) is 9.47 Å². The molecule has 1 unspecified atom stereocenters. The van der Waals surface area contributed by atoms with E-state index in [0.29, 0.717) is 6.61 Å². The van der Waals surface area contributed by atoms with Gasteiger partial charge in [-0.2, -0.15) is 0 Å². The van der Waals surface area contributed by atoms with Gasteiger partial charge in [0, 0.05) is 36.5 Å². The summed E-state index contributed by atoms with van der Waals surface area (Å²) in [6, 6.07) is 9.28. The molecular formula is C22H28FNO2S. The van der Waals surface area contributed by atoms with Crippen LogP contribution in [-0.2, 0) is 21.4 Å². The molecule has 1 spiro atoms. The Hall–Kier alpha value is -1.27. The molecule has 2 saturated heterocycles. The molecule has 0 amide bonds. The molecule has 0 radical (unpaired) electrons. The van der Waals surface area contributed by atoms with Crippen LogP contribution in [0.2, 0.25) is 0 Å². The smallest absolute Gasteiger partial charge is 0.123 e. The minimum absolute atomic E-state index is 0.0111. The van der Waals surface area contributed by atoms with Crippen molar-refractivity contribution >= 4 is 11.3 Å². The van der Waals surface area contributed by atoms with Crippen LogP contribution in [0.5, 0.6) is 0 Å². The lowest BCUT2D eigenvalue weighted by Gasteiger charge is -2.46. The summed E-state index contributed by atoms with van der Waals surface area (Å²) in [4.78, 5) is 1.40. The van der Waals surface area contributed by atoms with E-state index < -0.39 is 0 Å². The summed E-state index contributed by atoms with van der Waals surface area (Å²) in [5.74, 6) is -0.175. The Bertz CT molecular complexity index is 754. The first kappa shape index (κ1) is 19.1. The largest absolute Gasteiger partial charge is 0.378 e. The fourth-order valence-corrected chi connectivity index (χ4v) is 5.46. The quantitative estimate of drug-likeness (QED) is 0.734. The Morgan fingerprint density at radius 1 is 1.15 bits per heavy atom. The third kappa shape index (κ3) is 4.11. The van der Waals surface area contributed by atoms with Crippen LogP contribution in [0.3, 0.4) is 0 Å². The lowest BCUT2D eigenvalue weighted by Crippen LogP contribution is -2.49. The molecule has 5 heteroatoms. The highest BCUT2D eigenvalue weighted by atomic mass is 32.1. The summed E-state index contributed by atoms with van der Waals surface area (Å²) >= 11 is 1.81. The number of benzene rings is 1. The summed E-state index contributed by atoms with van der Waals surface area (Å²) < 4.78 is 25.4. The summed E-state index contributed by atoms with van der Waals surface area (Å²) in [5, 5.41) is 5.77. The standard InChI is InChI=1S/C22H28FNO2S/c1-17-6-13-27-20(17)14-24-10-7-21(18-2-4-19(23)5-3-18)8-12-26-22(15-21)9-11-25-16-22/h2-6,13,24H,7-12,14-16H2,1H3/t21-,22?/m1/s1. The maximum absolute atomic E-state index is 13.5. The van der Waals surface area contributed by atoms with Gasteiger partial charge in [-0.25, -0.2) is 4.39 Å². The van der Waals surface area contributed by atoms with Crippen LogP contribution < -0.4 is 5.32 Å². The predicted octanol–water partition coefficient (Wildman–Crippen LogP) is 4.58. The molecule has 0 aliphatic carbocycles. The fraction of sp³-hybridized carbons (Fsp3) is 0.545. The maximum atomic E-state index is 13.5. The van der Waals surface area contributed by atoms with Crippen LogP contribution in [0, 0.1) is 12.7 Å². The van der Waals surface area contributed by atoms with Gasteiger partial charge >= 0.3 is 0 Å². The number of aryl methyl sites for hydroxylation is 1. The SMILES string of the molecule is Cc1ccsc1CNCC[C@@]1(c2ccc(F)cc2)CCOC2(CCOC2)C1. The zero-order valence-corrected chi connectivity index (χ0v) is 16.7. The van der Waals surface area contributed by atoms with Gasteiger partial charge in [0.15, 0.2) is 0 Å². The van der Waals surface area contributed by atoms with Gasteiger partial charge in [-0.3, -0.25) is 0 Å². The normalized spacial score (nSPS) is 28.1. The molecule has 1 aromatic carbocycles. The van der Waals surface area contributed by atoms with Gasteiger partial charge in [-0.15, -0.1) is 11.3 Å². The average Bonchev–Trinajstić information content (AvgIpc) is 3.28. The highest BCUT2D eigenvalue weighted by molar-refractivity contribution is 7.10. The Morgan fingerprint density at radius 3 is 2.70 bits per heavy atom. The fourth-order valence-electron chi connectivity index (χ4n) is 4.58. The van der Waals surface area contributed by atoms with Crippen molar-refractivity contribution in [1.29, 1.82) is 0 Å². The van der Waals surface area contributed by atoms with Crippen molar-refractivity contribution in [2.75, 3.05) is 26.4 Å². The molecule has 27 heavy (non-hydrogen) atoms. The van der Waals surface area contributed by atoms with Crippen molar-refractivity contribution in [1.82, 2.24) is 5.32 Å². The second-order valence-electron chi connectivity index (χ2n) is 8.00. The molecule has 0 saturated carbocycles. The number of hydrogen-bond acceptors (Lipinski definition) is 4. The van der Waals surface area contributed by atoms with E-state index in [1.807, 2.05) is 23.5 Å². The minimum Gasteiger partial charge on any atom is -0.378 e. The molecule has 2 aromatic rings. The van der Waals surface area contributed by atoms with E-state index in [-0.39, 0.29) is 16.8 Å². The monoisotopic (exact) mass is 389 g/mol. The molecule has 1 aromatic heterocycles. The van der Waals surface area contributed by atoms with Crippen molar-refractivity contribution < 1.29 is 13.9 Å². The highest BCUT2D eigenvalue weighted by Gasteiger charge is 2.48. The predicted molar refractivity (Wildman–Crippen MR) is 107 cm³/mol. The van der Waals surface area contributed by atoms with E-state index in [1.54, 1.807) is 12.1 Å². The van der Waals surface area contributed by atoms with Gasteiger partial charge in [-0.1, -0.05) is 12.1 Å². The molecule has 4 rings (SSSR count). The lowest BCUT2D eigenvalue weighted by molar-refractivity contribution is -0.108. The molecule has 2 fully saturated rings. The van der Waals surface area contributed by atoms with Crippen LogP contribution in [-0.4, -0.2) is 32.0 Å². The number of hydrogen-bond donors (Lipinski definition) is 1. The Labute approximate surface area is 164 Å². The number of ether oxygens (including phenoxy) is 2. The average molecular weight is 390 g/mol. The lowest BCUT2D eigenvalue weighted by atomic mass is 9.66. The van der Waals surface area contributed by atoms with Crippen molar-refractivity contribution in [3.8, 4) is 0 Å². The van der Waals surface area contributed by atoms with Crippen molar-refractivity contribution in [2.45, 2.75) is 50.2 Å². The molecule has 2 atom stereocenters. The molecule has 2 aliphatic heterocycles. The summed E-state index contributed by atoms with van der Waals surface area (Å²) in [5.41, 5.74) is 2.43. The molecule has 2 aliphatic rings. The van der Waals surface area contributed by atoms with Crippen LogP contribution >= 0.6 is 11.3 Å². The van der Waals surface area contributed by atoms with Crippen LogP contribution in [0.4, 0.5) is 4.39 Å². The number of halogens is 1. The van der Waals surface area contributed by atoms with Gasteiger partial charge in [0.05, 0.1) is 12.2 Å². The minimum atomic E-state index is -0.175. The zero-order valence-electron chi connectivity index (χ0n) is 15.9. The Balaban J connectivity index is 1.49. The molecule has 3 heterocycles. The number of rotatable bonds is 6. The second-order valence-corrected chi connectivity index (χ2v) is 9.00. The van der Waals surface area contributed by atoms with Crippen molar-refractivity contribution in [3.05, 3.63) is 57.5 Å². The Kier molecular flexibility index (Phi) is 5.65. The van der Waals surface area contributed by atoms with Gasteiger partial charge in [0.2, 0.25) is 0 Å². The van der Waals surface area contributed by atoms with Crippen LogP contribution in [0.25, 0.3) is 0 Å².